The van der Waals surface area contributed by atoms with Crippen LogP contribution in [-0.4, -0.2) is 47.3 Å². The Bertz CT molecular complexity index is 1300. The number of fused-ring (bicyclic) bond motifs is 1. The smallest absolute Gasteiger partial charge is 0.275 e. The third-order valence-corrected chi connectivity index (χ3v) is 5.79. The molecule has 0 saturated carbocycles. The first-order valence-corrected chi connectivity index (χ1v) is 9.89. The number of aromatic nitrogens is 6. The van der Waals surface area contributed by atoms with Gasteiger partial charge in [-0.25, -0.2) is 18.7 Å². The number of rotatable bonds is 3. The maximum absolute atomic E-state index is 14.2. The molecule has 1 aromatic carbocycles. The Morgan fingerprint density at radius 3 is 2.68 bits per heavy atom. The topological polar surface area (TPSA) is 92.6 Å². The summed E-state index contributed by atoms with van der Waals surface area (Å²) in [6.07, 6.45) is 4.40. The molecule has 0 bridgehead atoms. The van der Waals surface area contributed by atoms with Crippen molar-refractivity contribution in [2.24, 2.45) is 0 Å². The lowest BCUT2D eigenvalue weighted by Gasteiger charge is -2.33. The van der Waals surface area contributed by atoms with Crippen LogP contribution >= 0.6 is 0 Å². The highest BCUT2D eigenvalue weighted by Gasteiger charge is 2.45. The second kappa shape index (κ2) is 6.93. The number of carbonyl (C=O) groups is 1. The minimum Gasteiger partial charge on any atom is -0.340 e. The highest BCUT2D eigenvalue weighted by Crippen LogP contribution is 2.39. The van der Waals surface area contributed by atoms with Gasteiger partial charge in [-0.05, 0) is 51.0 Å². The van der Waals surface area contributed by atoms with Gasteiger partial charge in [-0.15, -0.1) is 4.80 Å². The first-order chi connectivity index (χ1) is 14.9. The number of carbonyl (C=O) groups excluding carboxylic acids is 1. The summed E-state index contributed by atoms with van der Waals surface area (Å²) < 4.78 is 27.9. The second-order valence-electron chi connectivity index (χ2n) is 7.82. The Kier molecular flexibility index (Phi) is 4.31. The molecule has 1 aliphatic rings. The van der Waals surface area contributed by atoms with Crippen LogP contribution in [0.2, 0.25) is 0 Å². The average Bonchev–Trinajstić information content (AvgIpc) is 3.50. The van der Waals surface area contributed by atoms with Crippen molar-refractivity contribution in [1.82, 2.24) is 34.8 Å². The number of amides is 1. The Balaban J connectivity index is 1.59. The third-order valence-electron chi connectivity index (χ3n) is 5.79. The number of nitrogens with one attached hydrogen (secondary N) is 1. The summed E-state index contributed by atoms with van der Waals surface area (Å²) in [6, 6.07) is 6.04. The number of pyridine rings is 1. The molecule has 8 nitrogen and oxygen atoms in total. The normalized spacial score (nSPS) is 18.8. The Morgan fingerprint density at radius 1 is 1.13 bits per heavy atom. The van der Waals surface area contributed by atoms with Crippen molar-refractivity contribution in [2.45, 2.75) is 32.2 Å². The molecule has 0 spiro atoms. The van der Waals surface area contributed by atoms with Gasteiger partial charge >= 0.3 is 0 Å². The minimum absolute atomic E-state index is 0.0781. The number of hydrogen-bond acceptors (Lipinski definition) is 5. The van der Waals surface area contributed by atoms with Crippen molar-refractivity contribution in [3.8, 4) is 5.69 Å². The Hall–Kier alpha value is -3.69. The van der Waals surface area contributed by atoms with Crippen LogP contribution in [0.5, 0.6) is 0 Å². The van der Waals surface area contributed by atoms with Crippen LogP contribution in [0.3, 0.4) is 0 Å². The van der Waals surface area contributed by atoms with Gasteiger partial charge in [0.1, 0.15) is 17.0 Å². The SMILES string of the molecule is Cc1ccc(-n2nccn2)c(C(=O)N2CCCC2(C)c2nc3c(F)c(F)ccc3[nH]2)n1. The van der Waals surface area contributed by atoms with E-state index in [9.17, 15) is 13.6 Å². The zero-order chi connectivity index (χ0) is 21.8. The second-order valence-corrected chi connectivity index (χ2v) is 7.82. The molecule has 1 atom stereocenters. The fourth-order valence-corrected chi connectivity index (χ4v) is 4.14. The van der Waals surface area contributed by atoms with Crippen LogP contribution in [-0.2, 0) is 5.54 Å². The molecule has 1 saturated heterocycles. The number of H-pyrrole nitrogens is 1. The summed E-state index contributed by atoms with van der Waals surface area (Å²) in [7, 11) is 0. The summed E-state index contributed by atoms with van der Waals surface area (Å²) >= 11 is 0. The van der Waals surface area contributed by atoms with Crippen LogP contribution in [0.25, 0.3) is 16.7 Å². The molecule has 10 heteroatoms. The van der Waals surface area contributed by atoms with Gasteiger partial charge in [0.2, 0.25) is 0 Å². The lowest BCUT2D eigenvalue weighted by Crippen LogP contribution is -2.44. The summed E-state index contributed by atoms with van der Waals surface area (Å²) in [6.45, 7) is 4.15. The van der Waals surface area contributed by atoms with Gasteiger partial charge in [0, 0.05) is 12.2 Å². The van der Waals surface area contributed by atoms with Crippen molar-refractivity contribution < 1.29 is 13.6 Å². The van der Waals surface area contributed by atoms with E-state index in [1.165, 1.54) is 23.3 Å². The lowest BCUT2D eigenvalue weighted by atomic mass is 9.97. The molecule has 1 amide bonds. The Labute approximate surface area is 175 Å². The maximum atomic E-state index is 14.2. The van der Waals surface area contributed by atoms with Gasteiger partial charge in [0.15, 0.2) is 17.3 Å². The minimum atomic E-state index is -1.01. The fraction of sp³-hybridized carbons (Fsp3) is 0.286. The number of hydrogen-bond donors (Lipinski definition) is 1. The molecule has 1 unspecified atom stereocenters. The predicted molar refractivity (Wildman–Crippen MR) is 108 cm³/mol. The van der Waals surface area contributed by atoms with Crippen LogP contribution in [0.15, 0.2) is 36.7 Å². The van der Waals surface area contributed by atoms with Crippen LogP contribution in [0, 0.1) is 18.6 Å². The molecule has 1 fully saturated rings. The largest absolute Gasteiger partial charge is 0.340 e. The molecule has 0 aliphatic carbocycles. The number of benzene rings is 1. The van der Waals surface area contributed by atoms with E-state index in [-0.39, 0.29) is 17.1 Å². The van der Waals surface area contributed by atoms with E-state index in [1.807, 2.05) is 6.92 Å². The Morgan fingerprint density at radius 2 is 1.90 bits per heavy atom. The molecule has 4 heterocycles. The third kappa shape index (κ3) is 2.97. The first kappa shape index (κ1) is 19.3. The van der Waals surface area contributed by atoms with Gasteiger partial charge in [0.05, 0.1) is 23.4 Å². The van der Waals surface area contributed by atoms with E-state index in [0.29, 0.717) is 35.7 Å². The van der Waals surface area contributed by atoms with Crippen molar-refractivity contribution in [3.05, 3.63) is 65.5 Å². The zero-order valence-corrected chi connectivity index (χ0v) is 16.9. The van der Waals surface area contributed by atoms with E-state index in [4.69, 9.17) is 0 Å². The molecule has 4 aromatic rings. The van der Waals surface area contributed by atoms with E-state index >= 15 is 0 Å². The van der Waals surface area contributed by atoms with Crippen molar-refractivity contribution in [3.63, 3.8) is 0 Å². The summed E-state index contributed by atoms with van der Waals surface area (Å²) in [5.74, 6) is -1.87. The van der Waals surface area contributed by atoms with E-state index in [0.717, 1.165) is 12.5 Å². The van der Waals surface area contributed by atoms with Crippen molar-refractivity contribution in [1.29, 1.82) is 0 Å². The highest BCUT2D eigenvalue weighted by molar-refractivity contribution is 5.96. The van der Waals surface area contributed by atoms with Gasteiger partial charge < -0.3 is 9.88 Å². The summed E-state index contributed by atoms with van der Waals surface area (Å²) in [5.41, 5.74) is 0.834. The molecule has 1 aliphatic heterocycles. The van der Waals surface area contributed by atoms with E-state index in [2.05, 4.69) is 25.1 Å². The van der Waals surface area contributed by atoms with Gasteiger partial charge in [-0.3, -0.25) is 4.79 Å². The lowest BCUT2D eigenvalue weighted by molar-refractivity contribution is 0.0599. The van der Waals surface area contributed by atoms with Crippen molar-refractivity contribution >= 4 is 16.9 Å². The zero-order valence-electron chi connectivity index (χ0n) is 16.9. The molecule has 1 N–H and O–H groups in total. The number of aryl methyl sites for hydroxylation is 1. The molecule has 3 aromatic heterocycles. The maximum Gasteiger partial charge on any atom is 0.275 e. The number of nitrogens with zero attached hydrogens (tertiary/aromatic N) is 6. The molecule has 0 radical (unpaired) electrons. The van der Waals surface area contributed by atoms with Crippen LogP contribution in [0.4, 0.5) is 8.78 Å². The average molecular weight is 423 g/mol. The molecule has 31 heavy (non-hydrogen) atoms. The molecular weight excluding hydrogens is 404 g/mol. The molecule has 158 valence electrons. The van der Waals surface area contributed by atoms with E-state index < -0.39 is 17.2 Å². The van der Waals surface area contributed by atoms with Crippen LogP contribution < -0.4 is 0 Å². The number of imidazole rings is 1. The quantitative estimate of drug-likeness (QED) is 0.546. The van der Waals surface area contributed by atoms with Gasteiger partial charge in [-0.2, -0.15) is 10.2 Å². The monoisotopic (exact) mass is 423 g/mol. The number of halogens is 2. The summed E-state index contributed by atoms with van der Waals surface area (Å²) in [5, 5.41) is 8.25. The molecular formula is C21H19F2N7O. The predicted octanol–water partition coefficient (Wildman–Crippen LogP) is 3.28. The molecule has 5 rings (SSSR count). The highest BCUT2D eigenvalue weighted by atomic mass is 19.2. The standard InChI is InChI=1S/C21H19F2N7O/c1-12-4-7-15(30-24-9-10-25-30)18(26-12)19(31)29-11-3-8-21(29,2)20-27-14-6-5-13(22)16(23)17(14)28-20/h4-7,9-10H,3,8,11H2,1-2H3,(H,27,28). The van der Waals surface area contributed by atoms with E-state index in [1.54, 1.807) is 24.0 Å². The van der Waals surface area contributed by atoms with Gasteiger partial charge in [0.25, 0.3) is 5.91 Å². The summed E-state index contributed by atoms with van der Waals surface area (Å²) in [4.78, 5) is 28.6. The number of aromatic amines is 1. The first-order valence-electron chi connectivity index (χ1n) is 9.89. The van der Waals surface area contributed by atoms with Crippen LogP contribution in [0.1, 0.15) is 41.8 Å². The van der Waals surface area contributed by atoms with Gasteiger partial charge in [-0.1, -0.05) is 0 Å². The number of likely N-dealkylation sites (tertiary alicyclic amines) is 1. The fourth-order valence-electron chi connectivity index (χ4n) is 4.14. The van der Waals surface area contributed by atoms with Crippen molar-refractivity contribution in [2.75, 3.05) is 6.54 Å².